The molecule has 12 nitrogen and oxygen atoms in total. The fourth-order valence-electron chi connectivity index (χ4n) is 4.05. The van der Waals surface area contributed by atoms with Crippen molar-refractivity contribution in [2.75, 3.05) is 72.1 Å². The zero-order valence-corrected chi connectivity index (χ0v) is 23.5. The summed E-state index contributed by atoms with van der Waals surface area (Å²) in [5.41, 5.74) is 0.324. The number of halogens is 2. The molecule has 1 aliphatic heterocycles. The van der Waals surface area contributed by atoms with E-state index >= 15 is 0 Å². The second kappa shape index (κ2) is 15.6. The zero-order valence-electron chi connectivity index (χ0n) is 22.0. The number of amides is 3. The summed E-state index contributed by atoms with van der Waals surface area (Å²) in [6.07, 6.45) is 2.13. The van der Waals surface area contributed by atoms with E-state index in [0.717, 1.165) is 13.1 Å². The highest BCUT2D eigenvalue weighted by Gasteiger charge is 2.27. The van der Waals surface area contributed by atoms with Crippen molar-refractivity contribution in [2.24, 2.45) is 0 Å². The van der Waals surface area contributed by atoms with Crippen LogP contribution in [0.1, 0.15) is 33.7 Å². The summed E-state index contributed by atoms with van der Waals surface area (Å²) in [5, 5.41) is 12.5. The van der Waals surface area contributed by atoms with Gasteiger partial charge in [-0.1, -0.05) is 29.3 Å². The zero-order chi connectivity index (χ0) is 28.2. The molecule has 3 N–H and O–H groups in total. The first-order chi connectivity index (χ1) is 18.8. The average Bonchev–Trinajstić information content (AvgIpc) is 3.38. The maximum absolute atomic E-state index is 12.9. The Bertz CT molecular complexity index is 1080. The first kappa shape index (κ1) is 30.6. The number of carbonyl (C=O) groups is 3. The largest absolute Gasteiger partial charge is 0.448 e. The van der Waals surface area contributed by atoms with E-state index in [9.17, 15) is 14.4 Å². The van der Waals surface area contributed by atoms with E-state index in [0.29, 0.717) is 45.7 Å². The van der Waals surface area contributed by atoms with Crippen molar-refractivity contribution < 1.29 is 28.6 Å². The average molecular weight is 585 g/mol. The van der Waals surface area contributed by atoms with Gasteiger partial charge < -0.3 is 29.7 Å². The molecule has 3 amide bonds. The number of piperidine rings is 1. The number of methoxy groups -OCH3 is 2. The van der Waals surface area contributed by atoms with Crippen LogP contribution in [0, 0.1) is 0 Å². The summed E-state index contributed by atoms with van der Waals surface area (Å²) < 4.78 is 15.7. The van der Waals surface area contributed by atoms with Gasteiger partial charge in [-0.25, -0.2) is 4.79 Å². The van der Waals surface area contributed by atoms with E-state index in [1.807, 2.05) is 0 Å². The van der Waals surface area contributed by atoms with Crippen LogP contribution in [-0.2, 0) is 14.2 Å². The molecule has 0 unspecified atom stereocenters. The van der Waals surface area contributed by atoms with Gasteiger partial charge in [-0.3, -0.25) is 19.6 Å². The number of nitrogens with one attached hydrogen (secondary N) is 3. The molecule has 0 bridgehead atoms. The highest BCUT2D eigenvalue weighted by atomic mass is 35.5. The highest BCUT2D eigenvalue weighted by molar-refractivity contribution is 6.40. The molecule has 0 atom stereocenters. The summed E-state index contributed by atoms with van der Waals surface area (Å²) in [7, 11) is 3.29. The number of rotatable bonds is 13. The summed E-state index contributed by atoms with van der Waals surface area (Å²) in [6.45, 7) is 4.32. The molecule has 1 saturated heterocycles. The molecule has 14 heteroatoms. The normalized spacial score (nSPS) is 13.9. The number of likely N-dealkylation sites (tertiary alicyclic amines) is 1. The third-order valence-electron chi connectivity index (χ3n) is 6.24. The molecule has 1 aromatic carbocycles. The Morgan fingerprint density at radius 1 is 1.03 bits per heavy atom. The van der Waals surface area contributed by atoms with Crippen LogP contribution in [0.5, 0.6) is 0 Å². The molecule has 1 aromatic heterocycles. The summed E-state index contributed by atoms with van der Waals surface area (Å²) >= 11 is 12.2. The number of hydrogen-bond donors (Lipinski definition) is 3. The SMILES string of the molecule is COCCN(CCOC)CCOC(=O)N1CCC(NC(=O)c2n[nH]cc2NC(=O)c2c(Cl)cccc2Cl)CC1. The van der Waals surface area contributed by atoms with E-state index in [-0.39, 0.29) is 45.7 Å². The molecule has 214 valence electrons. The predicted molar refractivity (Wildman–Crippen MR) is 147 cm³/mol. The van der Waals surface area contributed by atoms with E-state index < -0.39 is 11.8 Å². The van der Waals surface area contributed by atoms with Crippen molar-refractivity contribution in [2.45, 2.75) is 18.9 Å². The van der Waals surface area contributed by atoms with Gasteiger partial charge >= 0.3 is 6.09 Å². The van der Waals surface area contributed by atoms with Gasteiger partial charge in [0.05, 0.1) is 34.5 Å². The molecule has 0 radical (unpaired) electrons. The molecular formula is C25H34Cl2N6O6. The van der Waals surface area contributed by atoms with Crippen molar-refractivity contribution in [3.63, 3.8) is 0 Å². The molecule has 0 spiro atoms. The topological polar surface area (TPSA) is 138 Å². The van der Waals surface area contributed by atoms with Gasteiger partial charge in [0, 0.05) is 59.2 Å². The van der Waals surface area contributed by atoms with Crippen LogP contribution < -0.4 is 10.6 Å². The Hall–Kier alpha value is -2.90. The quantitative estimate of drug-likeness (QED) is 0.326. The van der Waals surface area contributed by atoms with Crippen molar-refractivity contribution >= 4 is 46.8 Å². The lowest BCUT2D eigenvalue weighted by atomic mass is 10.1. The third kappa shape index (κ3) is 9.07. The number of hydrogen-bond acceptors (Lipinski definition) is 8. The monoisotopic (exact) mass is 584 g/mol. The molecule has 1 aliphatic rings. The Balaban J connectivity index is 1.44. The fourth-order valence-corrected chi connectivity index (χ4v) is 4.62. The molecular weight excluding hydrogens is 551 g/mol. The first-order valence-corrected chi connectivity index (χ1v) is 13.3. The van der Waals surface area contributed by atoms with Crippen LogP contribution in [0.4, 0.5) is 10.5 Å². The molecule has 2 heterocycles. The molecule has 0 saturated carbocycles. The van der Waals surface area contributed by atoms with Crippen molar-refractivity contribution in [3.05, 3.63) is 45.7 Å². The van der Waals surface area contributed by atoms with Crippen molar-refractivity contribution in [1.82, 2.24) is 25.3 Å². The van der Waals surface area contributed by atoms with Crippen LogP contribution in [0.3, 0.4) is 0 Å². The van der Waals surface area contributed by atoms with E-state index in [2.05, 4.69) is 25.7 Å². The van der Waals surface area contributed by atoms with Gasteiger partial charge in [-0.2, -0.15) is 5.10 Å². The first-order valence-electron chi connectivity index (χ1n) is 12.6. The molecule has 1 fully saturated rings. The number of nitrogens with zero attached hydrogens (tertiary/aromatic N) is 3. The Morgan fingerprint density at radius 3 is 2.26 bits per heavy atom. The minimum Gasteiger partial charge on any atom is -0.448 e. The number of carbonyl (C=O) groups excluding carboxylic acids is 3. The molecule has 2 aromatic rings. The lowest BCUT2D eigenvalue weighted by Gasteiger charge is -2.32. The second-order valence-electron chi connectivity index (χ2n) is 8.87. The van der Waals surface area contributed by atoms with Gasteiger partial charge in [0.1, 0.15) is 6.61 Å². The number of anilines is 1. The van der Waals surface area contributed by atoms with Gasteiger partial charge in [-0.05, 0) is 25.0 Å². The lowest BCUT2D eigenvalue weighted by Crippen LogP contribution is -2.47. The lowest BCUT2D eigenvalue weighted by molar-refractivity contribution is 0.0670. The predicted octanol–water partition coefficient (Wildman–Crippen LogP) is 2.89. The van der Waals surface area contributed by atoms with Gasteiger partial charge in [0.25, 0.3) is 11.8 Å². The maximum Gasteiger partial charge on any atom is 0.409 e. The number of aromatic amines is 1. The number of benzene rings is 1. The van der Waals surface area contributed by atoms with Crippen LogP contribution in [0.2, 0.25) is 10.0 Å². The Morgan fingerprint density at radius 2 is 1.64 bits per heavy atom. The van der Waals surface area contributed by atoms with Gasteiger partial charge in [0.15, 0.2) is 5.69 Å². The third-order valence-corrected chi connectivity index (χ3v) is 6.87. The van der Waals surface area contributed by atoms with Crippen LogP contribution in [0.15, 0.2) is 24.4 Å². The van der Waals surface area contributed by atoms with Crippen LogP contribution >= 0.6 is 23.2 Å². The highest BCUT2D eigenvalue weighted by Crippen LogP contribution is 2.26. The van der Waals surface area contributed by atoms with Crippen molar-refractivity contribution in [1.29, 1.82) is 0 Å². The molecule has 3 rings (SSSR count). The number of ether oxygens (including phenoxy) is 3. The summed E-state index contributed by atoms with van der Waals surface area (Å²) in [6, 6.07) is 4.56. The maximum atomic E-state index is 12.9. The number of H-pyrrole nitrogens is 1. The molecule has 0 aliphatic carbocycles. The van der Waals surface area contributed by atoms with Crippen LogP contribution in [0.25, 0.3) is 0 Å². The van der Waals surface area contributed by atoms with Crippen LogP contribution in [-0.4, -0.2) is 111 Å². The van der Waals surface area contributed by atoms with Gasteiger partial charge in [0.2, 0.25) is 0 Å². The Kier molecular flexibility index (Phi) is 12.3. The Labute approximate surface area is 237 Å². The minimum absolute atomic E-state index is 0.0277. The summed E-state index contributed by atoms with van der Waals surface area (Å²) in [4.78, 5) is 41.8. The van der Waals surface area contributed by atoms with E-state index in [4.69, 9.17) is 37.4 Å². The molecule has 39 heavy (non-hydrogen) atoms. The number of aromatic nitrogens is 2. The second-order valence-corrected chi connectivity index (χ2v) is 9.69. The van der Waals surface area contributed by atoms with E-state index in [1.165, 1.54) is 6.20 Å². The van der Waals surface area contributed by atoms with Crippen molar-refractivity contribution in [3.8, 4) is 0 Å². The van der Waals surface area contributed by atoms with E-state index in [1.54, 1.807) is 37.3 Å². The van der Waals surface area contributed by atoms with Gasteiger partial charge in [-0.15, -0.1) is 0 Å². The fraction of sp³-hybridized carbons (Fsp3) is 0.520. The minimum atomic E-state index is -0.562. The standard InChI is InChI=1S/C25H34Cl2N6O6/c1-37-13-10-32(11-14-38-2)12-15-39-25(36)33-8-6-17(7-9-33)29-24(35)22-20(16-28-31-22)30-23(34)21-18(26)4-3-5-19(21)27/h3-5,16-17H,6-15H2,1-2H3,(H,28,31)(H,29,35)(H,30,34). The smallest absolute Gasteiger partial charge is 0.409 e. The summed E-state index contributed by atoms with van der Waals surface area (Å²) in [5.74, 6) is -1.02.